The molecular weight excluding hydrogens is 426 g/mol. The fourth-order valence-electron chi connectivity index (χ4n) is 2.57. The van der Waals surface area contributed by atoms with E-state index in [1.54, 1.807) is 13.3 Å². The topological polar surface area (TPSA) is 66.8 Å². The Bertz CT molecular complexity index is 1000. The van der Waals surface area contributed by atoms with Crippen molar-refractivity contribution in [1.82, 2.24) is 15.0 Å². The van der Waals surface area contributed by atoms with Gasteiger partial charge in [0.15, 0.2) is 5.76 Å². The van der Waals surface area contributed by atoms with Crippen molar-refractivity contribution in [3.63, 3.8) is 0 Å². The molecule has 5 nitrogen and oxygen atoms in total. The van der Waals surface area contributed by atoms with Gasteiger partial charge in [0.2, 0.25) is 5.89 Å². The molecule has 0 aliphatic carbocycles. The average molecular weight is 437 g/mol. The molecule has 2 N–H and O–H groups in total. The normalized spacial score (nSPS) is 11.3. The van der Waals surface area contributed by atoms with E-state index in [2.05, 4.69) is 46.8 Å². The molecule has 3 aromatic heterocycles. The van der Waals surface area contributed by atoms with Crippen LogP contribution < -0.4 is 4.74 Å². The van der Waals surface area contributed by atoms with Crippen LogP contribution in [-0.2, 0) is 0 Å². The van der Waals surface area contributed by atoms with Crippen molar-refractivity contribution in [2.24, 2.45) is 0 Å². The van der Waals surface area contributed by atoms with Gasteiger partial charge in [-0.25, -0.2) is 4.98 Å². The van der Waals surface area contributed by atoms with E-state index < -0.39 is 0 Å². The van der Waals surface area contributed by atoms with Crippen molar-refractivity contribution in [2.45, 2.75) is 0 Å². The Morgan fingerprint density at radius 2 is 2.09 bits per heavy atom. The third-order valence-electron chi connectivity index (χ3n) is 3.58. The molecule has 0 unspecified atom stereocenters. The lowest BCUT2D eigenvalue weighted by atomic mass is 10.1. The summed E-state index contributed by atoms with van der Waals surface area (Å²) in [6, 6.07) is 7.75. The molecule has 4 rings (SSSR count). The molecule has 0 spiro atoms. The molecule has 4 aromatic rings. The summed E-state index contributed by atoms with van der Waals surface area (Å²) in [5.41, 5.74) is 2.69. The number of hydrogen-bond donors (Lipinski definition) is 2. The van der Waals surface area contributed by atoms with Gasteiger partial charge in [0, 0.05) is 16.2 Å². The third-order valence-corrected chi connectivity index (χ3v) is 4.50. The fraction of sp³-hybridized carbons (Fsp3) is 0.0625. The maximum Gasteiger partial charge on any atom is 0.243 e. The van der Waals surface area contributed by atoms with Crippen molar-refractivity contribution >= 4 is 42.8 Å². The van der Waals surface area contributed by atoms with Gasteiger partial charge in [0.1, 0.15) is 11.4 Å². The molecule has 0 aliphatic heterocycles. The van der Waals surface area contributed by atoms with Gasteiger partial charge < -0.3 is 19.1 Å². The maximum atomic E-state index is 5.91. The number of oxazole rings is 1. The molecule has 3 heterocycles. The van der Waals surface area contributed by atoms with E-state index in [-0.39, 0.29) is 0 Å². The second-order valence-electron chi connectivity index (χ2n) is 4.98. The van der Waals surface area contributed by atoms with Gasteiger partial charge in [-0.3, -0.25) is 0 Å². The van der Waals surface area contributed by atoms with Crippen molar-refractivity contribution in [3.05, 3.63) is 45.7 Å². The SMILES string of the molecule is COc1cc(Br)cc2[nH]cc(-c3cnc(-c4ccc(Br)[nH]4)o3)c12. The van der Waals surface area contributed by atoms with Gasteiger partial charge in [0.25, 0.3) is 0 Å². The number of halogens is 2. The van der Waals surface area contributed by atoms with Crippen LogP contribution in [0.25, 0.3) is 33.8 Å². The molecule has 0 aliphatic rings. The number of nitrogens with one attached hydrogen (secondary N) is 2. The number of aromatic amines is 2. The van der Waals surface area contributed by atoms with Gasteiger partial charge in [-0.1, -0.05) is 15.9 Å². The summed E-state index contributed by atoms with van der Waals surface area (Å²) in [6.45, 7) is 0. The zero-order valence-electron chi connectivity index (χ0n) is 12.0. The average Bonchev–Trinajstić information content (AvgIpc) is 3.24. The minimum absolute atomic E-state index is 0.538. The predicted molar refractivity (Wildman–Crippen MR) is 95.5 cm³/mol. The number of nitrogens with zero attached hydrogens (tertiary/aromatic N) is 1. The van der Waals surface area contributed by atoms with Crippen LogP contribution in [0.4, 0.5) is 0 Å². The van der Waals surface area contributed by atoms with E-state index >= 15 is 0 Å². The Morgan fingerprint density at radius 1 is 1.22 bits per heavy atom. The molecule has 0 fully saturated rings. The molecule has 0 atom stereocenters. The van der Waals surface area contributed by atoms with E-state index in [9.17, 15) is 0 Å². The standard InChI is InChI=1S/C16H11Br2N3O2/c1-22-12-5-8(17)4-11-15(12)9(6-19-11)13-7-20-16(23-13)10-2-3-14(18)21-10/h2-7,19,21H,1H3. The summed E-state index contributed by atoms with van der Waals surface area (Å²) in [4.78, 5) is 10.7. The van der Waals surface area contributed by atoms with Crippen LogP contribution in [-0.4, -0.2) is 22.1 Å². The summed E-state index contributed by atoms with van der Waals surface area (Å²) in [5.74, 6) is 1.99. The number of rotatable bonds is 3. The van der Waals surface area contributed by atoms with Crippen LogP contribution in [0.1, 0.15) is 0 Å². The number of ether oxygens (including phenoxy) is 1. The van der Waals surface area contributed by atoms with E-state index in [1.165, 1.54) is 0 Å². The first-order chi connectivity index (χ1) is 11.2. The Balaban J connectivity index is 1.85. The predicted octanol–water partition coefficient (Wildman–Crippen LogP) is 5.35. The molecule has 1 aromatic carbocycles. The molecule has 0 bridgehead atoms. The number of aromatic nitrogens is 3. The van der Waals surface area contributed by atoms with Gasteiger partial charge in [-0.15, -0.1) is 0 Å². The summed E-state index contributed by atoms with van der Waals surface area (Å²) in [5, 5.41) is 0.964. The monoisotopic (exact) mass is 435 g/mol. The van der Waals surface area contributed by atoms with Crippen molar-refractivity contribution in [2.75, 3.05) is 7.11 Å². The highest BCUT2D eigenvalue weighted by atomic mass is 79.9. The fourth-order valence-corrected chi connectivity index (χ4v) is 3.35. The second kappa shape index (κ2) is 5.58. The molecule has 116 valence electrons. The van der Waals surface area contributed by atoms with Crippen LogP contribution in [0.5, 0.6) is 5.75 Å². The van der Waals surface area contributed by atoms with E-state index in [0.717, 1.165) is 37.0 Å². The first-order valence-corrected chi connectivity index (χ1v) is 8.40. The Labute approximate surface area is 148 Å². The molecule has 0 radical (unpaired) electrons. The van der Waals surface area contributed by atoms with Crippen LogP contribution in [0, 0.1) is 0 Å². The highest BCUT2D eigenvalue weighted by molar-refractivity contribution is 9.10. The lowest BCUT2D eigenvalue weighted by Gasteiger charge is -2.04. The van der Waals surface area contributed by atoms with E-state index in [1.807, 2.05) is 30.5 Å². The molecule has 23 heavy (non-hydrogen) atoms. The zero-order chi connectivity index (χ0) is 16.0. The number of benzene rings is 1. The lowest BCUT2D eigenvalue weighted by Crippen LogP contribution is -1.85. The van der Waals surface area contributed by atoms with E-state index in [4.69, 9.17) is 9.15 Å². The molecule has 7 heteroatoms. The van der Waals surface area contributed by atoms with Crippen LogP contribution >= 0.6 is 31.9 Å². The minimum atomic E-state index is 0.538. The quantitative estimate of drug-likeness (QED) is 0.454. The van der Waals surface area contributed by atoms with Crippen LogP contribution in [0.15, 0.2) is 50.2 Å². The molecule has 0 amide bonds. The van der Waals surface area contributed by atoms with E-state index in [0.29, 0.717) is 11.7 Å². The van der Waals surface area contributed by atoms with Gasteiger partial charge in [-0.2, -0.15) is 0 Å². The molecule has 0 saturated carbocycles. The van der Waals surface area contributed by atoms with Crippen LogP contribution in [0.2, 0.25) is 0 Å². The lowest BCUT2D eigenvalue weighted by molar-refractivity contribution is 0.419. The number of methoxy groups -OCH3 is 1. The Kier molecular flexibility index (Phi) is 3.54. The summed E-state index contributed by atoms with van der Waals surface area (Å²) < 4.78 is 13.2. The highest BCUT2D eigenvalue weighted by Crippen LogP contribution is 2.38. The van der Waals surface area contributed by atoms with Gasteiger partial charge in [-0.05, 0) is 40.2 Å². The highest BCUT2D eigenvalue weighted by Gasteiger charge is 2.17. The summed E-state index contributed by atoms with van der Waals surface area (Å²) in [7, 11) is 1.65. The maximum absolute atomic E-state index is 5.91. The van der Waals surface area contributed by atoms with Gasteiger partial charge in [0.05, 0.1) is 28.8 Å². The Morgan fingerprint density at radius 3 is 2.83 bits per heavy atom. The molecular formula is C16H11Br2N3O2. The second-order valence-corrected chi connectivity index (χ2v) is 6.75. The van der Waals surface area contributed by atoms with Crippen molar-refractivity contribution in [3.8, 4) is 28.7 Å². The largest absolute Gasteiger partial charge is 0.496 e. The zero-order valence-corrected chi connectivity index (χ0v) is 15.2. The molecule has 0 saturated heterocycles. The summed E-state index contributed by atoms with van der Waals surface area (Å²) >= 11 is 6.86. The number of fused-ring (bicyclic) bond motifs is 1. The number of hydrogen-bond acceptors (Lipinski definition) is 3. The van der Waals surface area contributed by atoms with Crippen LogP contribution in [0.3, 0.4) is 0 Å². The number of H-pyrrole nitrogens is 2. The first-order valence-electron chi connectivity index (χ1n) is 6.81. The third kappa shape index (κ3) is 2.49. The first kappa shape index (κ1) is 14.6. The smallest absolute Gasteiger partial charge is 0.243 e. The van der Waals surface area contributed by atoms with Gasteiger partial charge >= 0.3 is 0 Å². The summed E-state index contributed by atoms with van der Waals surface area (Å²) in [6.07, 6.45) is 3.61. The Hall–Kier alpha value is -1.99. The minimum Gasteiger partial charge on any atom is -0.496 e. The van der Waals surface area contributed by atoms with Crippen molar-refractivity contribution < 1.29 is 9.15 Å². The van der Waals surface area contributed by atoms with Crippen molar-refractivity contribution in [1.29, 1.82) is 0 Å².